The molecule has 7 aromatic carbocycles. The van der Waals surface area contributed by atoms with Gasteiger partial charge < -0.3 is 18.6 Å². The fraction of sp³-hybridized carbons (Fsp3) is 0. The van der Waals surface area contributed by atoms with Gasteiger partial charge in [-0.3, -0.25) is 4.90 Å². The number of benzene rings is 7. The summed E-state index contributed by atoms with van der Waals surface area (Å²) in [5.74, 6) is 3.19. The molecule has 5 heteroatoms. The lowest BCUT2D eigenvalue weighted by molar-refractivity contribution is 0.450. The molecule has 47 heavy (non-hydrogen) atoms. The van der Waals surface area contributed by atoms with Gasteiger partial charge in [-0.15, -0.1) is 0 Å². The lowest BCUT2D eigenvalue weighted by atomic mass is 10.0. The van der Waals surface area contributed by atoms with Crippen molar-refractivity contribution in [3.05, 3.63) is 152 Å². The Kier molecular flexibility index (Phi) is 4.78. The molecule has 4 heterocycles. The molecule has 0 atom stereocenters. The summed E-state index contributed by atoms with van der Waals surface area (Å²) in [6.45, 7) is 0. The highest BCUT2D eigenvalue weighted by Crippen LogP contribution is 2.62. The van der Waals surface area contributed by atoms with Crippen LogP contribution >= 0.6 is 0 Å². The van der Waals surface area contributed by atoms with Crippen LogP contribution in [0.25, 0.3) is 55.0 Å². The zero-order chi connectivity index (χ0) is 30.6. The molecule has 2 aromatic heterocycles. The second-order valence-corrected chi connectivity index (χ2v) is 12.2. The average molecular weight is 604 g/mol. The Morgan fingerprint density at radius 1 is 0.383 bits per heavy atom. The molecule has 0 radical (unpaired) electrons. The van der Waals surface area contributed by atoms with Crippen LogP contribution in [0.2, 0.25) is 0 Å². The highest BCUT2D eigenvalue weighted by molar-refractivity contribution is 6.18. The van der Waals surface area contributed by atoms with Crippen LogP contribution in [0.5, 0.6) is 23.0 Å². The van der Waals surface area contributed by atoms with Crippen LogP contribution in [-0.4, -0.2) is 9.13 Å². The number of rotatable bonds is 2. The first-order valence-corrected chi connectivity index (χ1v) is 15.9. The molecule has 9 aromatic rings. The van der Waals surface area contributed by atoms with Crippen molar-refractivity contribution in [3.8, 4) is 34.4 Å². The summed E-state index contributed by atoms with van der Waals surface area (Å²) >= 11 is 0. The van der Waals surface area contributed by atoms with Crippen molar-refractivity contribution in [2.24, 2.45) is 0 Å². The molecule has 5 nitrogen and oxygen atoms in total. The maximum Gasteiger partial charge on any atom is 0.165 e. The van der Waals surface area contributed by atoms with Crippen molar-refractivity contribution >= 4 is 60.7 Å². The average Bonchev–Trinajstić information content (AvgIpc) is 3.64. The normalized spacial score (nSPS) is 13.0. The number of nitrogens with zero attached hydrogens (tertiary/aromatic N) is 3. The minimum Gasteiger partial charge on any atom is -0.453 e. The molecular weight excluding hydrogens is 578 g/mol. The van der Waals surface area contributed by atoms with E-state index in [0.29, 0.717) is 0 Å². The van der Waals surface area contributed by atoms with Gasteiger partial charge in [0.25, 0.3) is 0 Å². The molecule has 2 aliphatic rings. The van der Waals surface area contributed by atoms with E-state index in [1.165, 1.54) is 21.8 Å². The zero-order valence-corrected chi connectivity index (χ0v) is 25.1. The van der Waals surface area contributed by atoms with E-state index in [4.69, 9.17) is 9.47 Å². The van der Waals surface area contributed by atoms with Crippen LogP contribution < -0.4 is 14.4 Å². The topological polar surface area (TPSA) is 31.6 Å². The SMILES string of the molecule is c1ccc(-n2c3ccc(-n4c5ccccc5c5ccccc54)cc3c3c4c5c(cc32)Oc2ccccc2N5c2ccccc2O4)cc1. The van der Waals surface area contributed by atoms with E-state index in [1.54, 1.807) is 0 Å². The number of aromatic nitrogens is 2. The largest absolute Gasteiger partial charge is 0.453 e. The van der Waals surface area contributed by atoms with Gasteiger partial charge in [-0.05, 0) is 66.7 Å². The van der Waals surface area contributed by atoms with Gasteiger partial charge >= 0.3 is 0 Å². The van der Waals surface area contributed by atoms with Gasteiger partial charge in [-0.2, -0.15) is 0 Å². The van der Waals surface area contributed by atoms with E-state index in [0.717, 1.165) is 73.2 Å². The predicted octanol–water partition coefficient (Wildman–Crippen LogP) is 11.6. The Hall–Kier alpha value is -6.46. The Morgan fingerprint density at radius 2 is 0.957 bits per heavy atom. The first-order chi connectivity index (χ1) is 23.3. The zero-order valence-electron chi connectivity index (χ0n) is 25.1. The van der Waals surface area contributed by atoms with Crippen molar-refractivity contribution in [3.63, 3.8) is 0 Å². The maximum absolute atomic E-state index is 6.94. The third-order valence-electron chi connectivity index (χ3n) is 9.65. The Bertz CT molecular complexity index is 2690. The molecule has 0 spiro atoms. The first-order valence-electron chi connectivity index (χ1n) is 15.9. The maximum atomic E-state index is 6.94. The quantitative estimate of drug-likeness (QED) is 0.197. The lowest BCUT2D eigenvalue weighted by Crippen LogP contribution is -2.20. The van der Waals surface area contributed by atoms with Gasteiger partial charge in [-0.1, -0.05) is 78.9 Å². The number of hydrogen-bond donors (Lipinski definition) is 0. The van der Waals surface area contributed by atoms with Crippen LogP contribution in [-0.2, 0) is 0 Å². The summed E-state index contributed by atoms with van der Waals surface area (Å²) in [5, 5.41) is 4.64. The smallest absolute Gasteiger partial charge is 0.165 e. The van der Waals surface area contributed by atoms with E-state index in [-0.39, 0.29) is 0 Å². The van der Waals surface area contributed by atoms with Gasteiger partial charge in [0.2, 0.25) is 0 Å². The van der Waals surface area contributed by atoms with Gasteiger partial charge in [-0.25, -0.2) is 0 Å². The van der Waals surface area contributed by atoms with E-state index < -0.39 is 0 Å². The van der Waals surface area contributed by atoms with E-state index in [9.17, 15) is 0 Å². The molecule has 2 aliphatic heterocycles. The summed E-state index contributed by atoms with van der Waals surface area (Å²) < 4.78 is 18.3. The monoisotopic (exact) mass is 603 g/mol. The van der Waals surface area contributed by atoms with E-state index in [2.05, 4.69) is 147 Å². The second kappa shape index (κ2) is 9.05. The van der Waals surface area contributed by atoms with Crippen molar-refractivity contribution in [2.75, 3.05) is 4.90 Å². The van der Waals surface area contributed by atoms with Crippen molar-refractivity contribution in [1.82, 2.24) is 9.13 Å². The van der Waals surface area contributed by atoms with Crippen molar-refractivity contribution in [2.45, 2.75) is 0 Å². The third-order valence-corrected chi connectivity index (χ3v) is 9.65. The standard InChI is InChI=1S/C42H25N3O2/c1-2-12-26(13-3-1)43-33-23-22-27(44-31-16-6-4-14-28(31)29-15-5-7-17-32(29)44)24-30(33)40-36(43)25-39-41-42(40)47-38-21-11-9-19-35(38)45(41)34-18-8-10-20-37(34)46-39/h1-25H. The lowest BCUT2D eigenvalue weighted by Gasteiger charge is -2.38. The number of hydrogen-bond acceptors (Lipinski definition) is 3. The van der Waals surface area contributed by atoms with E-state index in [1.807, 2.05) is 18.2 Å². The molecule has 0 amide bonds. The molecule has 11 rings (SSSR count). The number of ether oxygens (including phenoxy) is 2. The molecule has 0 saturated heterocycles. The van der Waals surface area contributed by atoms with Crippen LogP contribution in [0, 0.1) is 0 Å². The summed E-state index contributed by atoms with van der Waals surface area (Å²) in [7, 11) is 0. The van der Waals surface area contributed by atoms with Crippen molar-refractivity contribution < 1.29 is 9.47 Å². The molecule has 0 saturated carbocycles. The highest BCUT2D eigenvalue weighted by Gasteiger charge is 2.37. The summed E-state index contributed by atoms with van der Waals surface area (Å²) in [5.41, 5.74) is 9.57. The second-order valence-electron chi connectivity index (χ2n) is 12.2. The molecule has 0 unspecified atom stereocenters. The molecule has 0 fully saturated rings. The Labute approximate surface area is 269 Å². The Morgan fingerprint density at radius 3 is 1.68 bits per heavy atom. The van der Waals surface area contributed by atoms with Gasteiger partial charge in [0.1, 0.15) is 5.69 Å². The highest BCUT2D eigenvalue weighted by atomic mass is 16.5. The summed E-state index contributed by atoms with van der Waals surface area (Å²) in [4.78, 5) is 2.30. The predicted molar refractivity (Wildman–Crippen MR) is 190 cm³/mol. The van der Waals surface area contributed by atoms with Gasteiger partial charge in [0.15, 0.2) is 23.0 Å². The third kappa shape index (κ3) is 3.27. The molecule has 0 aliphatic carbocycles. The minimum absolute atomic E-state index is 0.767. The van der Waals surface area contributed by atoms with E-state index >= 15 is 0 Å². The molecule has 0 bridgehead atoms. The fourth-order valence-electron chi connectivity index (χ4n) is 7.74. The summed E-state index contributed by atoms with van der Waals surface area (Å²) in [6.07, 6.45) is 0. The number of fused-ring (bicyclic) bond motifs is 11. The number of para-hydroxylation sites is 7. The van der Waals surface area contributed by atoms with Crippen LogP contribution in [0.4, 0.5) is 17.1 Å². The van der Waals surface area contributed by atoms with Gasteiger partial charge in [0, 0.05) is 33.6 Å². The summed E-state index contributed by atoms with van der Waals surface area (Å²) in [6, 6.07) is 53.3. The molecule has 220 valence electrons. The van der Waals surface area contributed by atoms with Crippen LogP contribution in [0.15, 0.2) is 152 Å². The van der Waals surface area contributed by atoms with Crippen LogP contribution in [0.1, 0.15) is 0 Å². The molecular formula is C42H25N3O2. The molecule has 0 N–H and O–H groups in total. The van der Waals surface area contributed by atoms with Gasteiger partial charge in [0.05, 0.1) is 38.8 Å². The number of anilines is 3. The van der Waals surface area contributed by atoms with Crippen LogP contribution in [0.3, 0.4) is 0 Å². The minimum atomic E-state index is 0.767. The first kappa shape index (κ1) is 24.8. The Balaban J connectivity index is 1.29. The van der Waals surface area contributed by atoms with Crippen molar-refractivity contribution in [1.29, 1.82) is 0 Å². The fourth-order valence-corrected chi connectivity index (χ4v) is 7.74.